The number of carbonyl (C=O) groups is 1. The quantitative estimate of drug-likeness (QED) is 0.725. The summed E-state index contributed by atoms with van der Waals surface area (Å²) in [6, 6.07) is 0. The molecule has 72 valence electrons. The zero-order valence-electron chi connectivity index (χ0n) is 8.31. The summed E-state index contributed by atoms with van der Waals surface area (Å²) in [6.07, 6.45) is 2.69. The Morgan fingerprint density at radius 1 is 1.54 bits per heavy atom. The largest absolute Gasteiger partial charge is 0.461 e. The summed E-state index contributed by atoms with van der Waals surface area (Å²) in [5.74, 6) is -0.257. The molecule has 1 heterocycles. The van der Waals surface area contributed by atoms with Crippen LogP contribution in [0.25, 0.3) is 0 Å². The van der Waals surface area contributed by atoms with E-state index in [1.165, 1.54) is 0 Å². The summed E-state index contributed by atoms with van der Waals surface area (Å²) in [7, 11) is 0. The van der Waals surface area contributed by atoms with Crippen molar-refractivity contribution in [3.8, 4) is 0 Å². The van der Waals surface area contributed by atoms with Gasteiger partial charge in [0.05, 0.1) is 6.61 Å². The van der Waals surface area contributed by atoms with E-state index in [4.69, 9.17) is 4.74 Å². The smallest absolute Gasteiger partial charge is 0.355 e. The van der Waals surface area contributed by atoms with Crippen molar-refractivity contribution in [1.82, 2.24) is 4.98 Å². The van der Waals surface area contributed by atoms with E-state index in [0.29, 0.717) is 12.3 Å². The predicted molar refractivity (Wildman–Crippen MR) is 50.9 cm³/mol. The Labute approximate surface area is 78.1 Å². The second kappa shape index (κ2) is 4.12. The van der Waals surface area contributed by atoms with E-state index in [9.17, 15) is 4.79 Å². The molecule has 1 aromatic heterocycles. The van der Waals surface area contributed by atoms with Crippen molar-refractivity contribution in [3.05, 3.63) is 23.0 Å². The maximum absolute atomic E-state index is 11.4. The third kappa shape index (κ3) is 1.91. The Kier molecular flexibility index (Phi) is 3.12. The van der Waals surface area contributed by atoms with Crippen molar-refractivity contribution < 1.29 is 9.53 Å². The van der Waals surface area contributed by atoms with Gasteiger partial charge in [-0.3, -0.25) is 0 Å². The second-order valence-electron chi connectivity index (χ2n) is 2.90. The molecular formula is C10H15NO2. The molecule has 0 aromatic carbocycles. The van der Waals surface area contributed by atoms with E-state index in [-0.39, 0.29) is 5.97 Å². The SMILES string of the molecule is CCOC(=O)c1[nH]cc(C)c1CC. The van der Waals surface area contributed by atoms with Crippen molar-refractivity contribution in [3.63, 3.8) is 0 Å². The van der Waals surface area contributed by atoms with E-state index in [1.807, 2.05) is 20.0 Å². The maximum atomic E-state index is 11.4. The van der Waals surface area contributed by atoms with Gasteiger partial charge in [-0.25, -0.2) is 4.79 Å². The van der Waals surface area contributed by atoms with E-state index in [2.05, 4.69) is 4.98 Å². The van der Waals surface area contributed by atoms with Gasteiger partial charge in [0, 0.05) is 6.20 Å². The van der Waals surface area contributed by atoms with Gasteiger partial charge in [0.15, 0.2) is 0 Å². The van der Waals surface area contributed by atoms with E-state index < -0.39 is 0 Å². The van der Waals surface area contributed by atoms with Gasteiger partial charge in [0.25, 0.3) is 0 Å². The minimum Gasteiger partial charge on any atom is -0.461 e. The van der Waals surface area contributed by atoms with E-state index in [1.54, 1.807) is 6.92 Å². The highest BCUT2D eigenvalue weighted by Gasteiger charge is 2.14. The summed E-state index contributed by atoms with van der Waals surface area (Å²) >= 11 is 0. The number of aryl methyl sites for hydroxylation is 1. The average Bonchev–Trinajstić information content (AvgIpc) is 2.47. The van der Waals surface area contributed by atoms with Gasteiger partial charge in [0.2, 0.25) is 0 Å². The number of nitrogens with one attached hydrogen (secondary N) is 1. The first-order valence-electron chi connectivity index (χ1n) is 4.54. The average molecular weight is 181 g/mol. The molecule has 0 saturated heterocycles. The fourth-order valence-corrected chi connectivity index (χ4v) is 1.39. The van der Waals surface area contributed by atoms with Crippen LogP contribution in [0.1, 0.15) is 35.5 Å². The number of carbonyl (C=O) groups excluding carboxylic acids is 1. The highest BCUT2D eigenvalue weighted by molar-refractivity contribution is 5.89. The lowest BCUT2D eigenvalue weighted by molar-refractivity contribution is 0.0519. The third-order valence-electron chi connectivity index (χ3n) is 2.04. The fourth-order valence-electron chi connectivity index (χ4n) is 1.39. The van der Waals surface area contributed by atoms with Gasteiger partial charge in [0.1, 0.15) is 5.69 Å². The molecule has 0 spiro atoms. The van der Waals surface area contributed by atoms with Crippen LogP contribution in [-0.4, -0.2) is 17.6 Å². The Bertz CT molecular complexity index is 302. The van der Waals surface area contributed by atoms with Crippen LogP contribution in [0.15, 0.2) is 6.20 Å². The topological polar surface area (TPSA) is 42.1 Å². The highest BCUT2D eigenvalue weighted by atomic mass is 16.5. The number of hydrogen-bond donors (Lipinski definition) is 1. The molecule has 0 atom stereocenters. The molecule has 0 aliphatic carbocycles. The Balaban J connectivity index is 2.93. The molecule has 1 aromatic rings. The van der Waals surface area contributed by atoms with E-state index >= 15 is 0 Å². The van der Waals surface area contributed by atoms with Crippen LogP contribution in [0.3, 0.4) is 0 Å². The van der Waals surface area contributed by atoms with Gasteiger partial charge < -0.3 is 9.72 Å². The highest BCUT2D eigenvalue weighted by Crippen LogP contribution is 2.14. The van der Waals surface area contributed by atoms with Crippen LogP contribution in [0.2, 0.25) is 0 Å². The fraction of sp³-hybridized carbons (Fsp3) is 0.500. The number of aromatic nitrogens is 1. The molecule has 0 aliphatic heterocycles. The number of rotatable bonds is 3. The molecule has 3 nitrogen and oxygen atoms in total. The van der Waals surface area contributed by atoms with Crippen molar-refractivity contribution >= 4 is 5.97 Å². The molecule has 1 N–H and O–H groups in total. The first kappa shape index (κ1) is 9.84. The van der Waals surface area contributed by atoms with Gasteiger partial charge >= 0.3 is 5.97 Å². The first-order chi connectivity index (χ1) is 6.20. The number of aromatic amines is 1. The molecule has 0 bridgehead atoms. The molecule has 0 radical (unpaired) electrons. The lowest BCUT2D eigenvalue weighted by Crippen LogP contribution is -2.07. The molecular weight excluding hydrogens is 166 g/mol. The number of esters is 1. The number of H-pyrrole nitrogens is 1. The number of hydrogen-bond acceptors (Lipinski definition) is 2. The van der Waals surface area contributed by atoms with Gasteiger partial charge in [-0.05, 0) is 31.4 Å². The second-order valence-corrected chi connectivity index (χ2v) is 2.90. The van der Waals surface area contributed by atoms with Crippen molar-refractivity contribution in [2.24, 2.45) is 0 Å². The van der Waals surface area contributed by atoms with Crippen LogP contribution in [0.5, 0.6) is 0 Å². The maximum Gasteiger partial charge on any atom is 0.355 e. The third-order valence-corrected chi connectivity index (χ3v) is 2.04. The summed E-state index contributed by atoms with van der Waals surface area (Å²) in [5.41, 5.74) is 2.77. The first-order valence-corrected chi connectivity index (χ1v) is 4.54. The van der Waals surface area contributed by atoms with E-state index in [0.717, 1.165) is 17.5 Å². The van der Waals surface area contributed by atoms with Crippen LogP contribution in [0, 0.1) is 6.92 Å². The molecule has 0 aliphatic rings. The van der Waals surface area contributed by atoms with Gasteiger partial charge in [-0.1, -0.05) is 6.92 Å². The number of ether oxygens (including phenoxy) is 1. The minimum absolute atomic E-state index is 0.257. The van der Waals surface area contributed by atoms with Crippen molar-refractivity contribution in [2.45, 2.75) is 27.2 Å². The molecule has 3 heteroatoms. The molecule has 0 fully saturated rings. The van der Waals surface area contributed by atoms with Crippen LogP contribution >= 0.6 is 0 Å². The zero-order valence-corrected chi connectivity index (χ0v) is 8.31. The Morgan fingerprint density at radius 3 is 2.77 bits per heavy atom. The van der Waals surface area contributed by atoms with Gasteiger partial charge in [-0.2, -0.15) is 0 Å². The summed E-state index contributed by atoms with van der Waals surface area (Å²) in [5, 5.41) is 0. The van der Waals surface area contributed by atoms with Crippen LogP contribution < -0.4 is 0 Å². The monoisotopic (exact) mass is 181 g/mol. The van der Waals surface area contributed by atoms with Crippen LogP contribution in [0.4, 0.5) is 0 Å². The summed E-state index contributed by atoms with van der Waals surface area (Å²) < 4.78 is 4.91. The molecule has 0 amide bonds. The van der Waals surface area contributed by atoms with Gasteiger partial charge in [-0.15, -0.1) is 0 Å². The summed E-state index contributed by atoms with van der Waals surface area (Å²) in [4.78, 5) is 14.3. The predicted octanol–water partition coefficient (Wildman–Crippen LogP) is 2.06. The summed E-state index contributed by atoms with van der Waals surface area (Å²) in [6.45, 7) is 6.23. The lowest BCUT2D eigenvalue weighted by Gasteiger charge is -2.02. The van der Waals surface area contributed by atoms with Crippen molar-refractivity contribution in [1.29, 1.82) is 0 Å². The molecule has 1 rings (SSSR count). The molecule has 0 unspecified atom stereocenters. The Morgan fingerprint density at radius 2 is 2.23 bits per heavy atom. The normalized spacial score (nSPS) is 10.1. The Hall–Kier alpha value is -1.25. The minimum atomic E-state index is -0.257. The van der Waals surface area contributed by atoms with Crippen LogP contribution in [-0.2, 0) is 11.2 Å². The molecule has 0 saturated carbocycles. The lowest BCUT2D eigenvalue weighted by atomic mass is 10.1. The zero-order chi connectivity index (χ0) is 9.84. The standard InChI is InChI=1S/C10H15NO2/c1-4-8-7(3)6-11-9(8)10(12)13-5-2/h6,11H,4-5H2,1-3H3. The molecule has 13 heavy (non-hydrogen) atoms. The van der Waals surface area contributed by atoms with Crippen molar-refractivity contribution in [2.75, 3.05) is 6.61 Å².